The van der Waals surface area contributed by atoms with Crippen LogP contribution in [0.4, 0.5) is 11.4 Å². The number of anilines is 1. The molecule has 1 amide bonds. The van der Waals surface area contributed by atoms with Crippen LogP contribution in [-0.2, 0) is 59.3 Å². The standard InChI is InChI=1S/C50H57N5O8S3.O3S/c1-4-5-26-49(2)41(54-29-12-15-34-20-24-39(65(57,58)59)45(49)47(34)54)17-8-6-9-18-42-50(3,46-40(66(60,61)62)25-21-35-16-13-30-55(42)48(35)46)27-11-7-10-19-43(56)52-28-14-31-63-36-22-23-37-38(32-36)64-44(33-51)53-37;1-4(2)3/h6,8-9,17-18,20-25,32H,4-5,7,10-16,19,26-31H2,1-3H3,(H2-,52,56,57,58,59,60,61,62);/p+1. The van der Waals surface area contributed by atoms with Crippen molar-refractivity contribution in [1.29, 1.82) is 5.26 Å². The Hall–Kier alpha value is -5.56. The maximum absolute atomic E-state index is 13.0. The first-order chi connectivity index (χ1) is 33.3. The van der Waals surface area contributed by atoms with Crippen LogP contribution in [0.15, 0.2) is 88.3 Å². The molecule has 0 fully saturated rings. The topological polar surface area (TPSA) is 241 Å². The van der Waals surface area contributed by atoms with Crippen LogP contribution in [0.3, 0.4) is 0 Å². The number of thiazole rings is 1. The summed E-state index contributed by atoms with van der Waals surface area (Å²) in [5.41, 5.74) is 6.51. The smallest absolute Gasteiger partial charge is 0.425 e. The van der Waals surface area contributed by atoms with Gasteiger partial charge in [0.25, 0.3) is 20.2 Å². The Labute approximate surface area is 415 Å². The molecule has 70 heavy (non-hydrogen) atoms. The van der Waals surface area contributed by atoms with Gasteiger partial charge in [0.2, 0.25) is 11.6 Å². The highest BCUT2D eigenvalue weighted by atomic mass is 32.2. The summed E-state index contributed by atoms with van der Waals surface area (Å²) in [5, 5.41) is 12.5. The van der Waals surface area contributed by atoms with Crippen LogP contribution in [0.1, 0.15) is 119 Å². The SMILES string of the molecule is CCCCC1(C)C(=CC=CC=CC2=[N+]3CCCc4ccc(S(=O)(=O)O)c(c43)C2(C)CCCCCC(=O)NCCCOc2ccc3nc(C#N)sc3c2)N2CCCc3ccc(S(=O)(=O)O)c1c32.O=S(=O)=O. The molecule has 3 aromatic carbocycles. The molecule has 4 aliphatic heterocycles. The van der Waals surface area contributed by atoms with Gasteiger partial charge in [-0.2, -0.15) is 26.7 Å². The quantitative estimate of drug-likeness (QED) is 0.0346. The van der Waals surface area contributed by atoms with Crippen LogP contribution in [-0.4, -0.2) is 86.0 Å². The second-order valence-corrected chi connectivity index (χ2v) is 22.6. The number of hydrogen-bond donors (Lipinski definition) is 3. The highest BCUT2D eigenvalue weighted by molar-refractivity contribution is 7.86. The molecule has 0 spiro atoms. The number of rotatable bonds is 19. The van der Waals surface area contributed by atoms with Crippen molar-refractivity contribution >= 4 is 75.4 Å². The Morgan fingerprint density at radius 1 is 0.914 bits per heavy atom. The van der Waals surface area contributed by atoms with Crippen molar-refractivity contribution < 1.29 is 52.7 Å². The minimum Gasteiger partial charge on any atom is -0.493 e. The molecule has 0 bridgehead atoms. The number of nitrogens with zero attached hydrogens (tertiary/aromatic N) is 4. The molecular formula is C50H58N5O11S4+. The average Bonchev–Trinajstić information content (AvgIpc) is 3.92. The second-order valence-electron chi connectivity index (χ2n) is 18.4. The molecule has 8 rings (SSSR count). The number of ether oxygens (including phenoxy) is 1. The molecule has 5 heterocycles. The molecule has 2 atom stereocenters. The van der Waals surface area contributed by atoms with Gasteiger partial charge in [0.05, 0.1) is 27.8 Å². The van der Waals surface area contributed by atoms with E-state index < -0.39 is 41.7 Å². The van der Waals surface area contributed by atoms with Crippen molar-refractivity contribution in [2.24, 2.45) is 0 Å². The summed E-state index contributed by atoms with van der Waals surface area (Å²) < 4.78 is 107. The van der Waals surface area contributed by atoms with Crippen molar-refractivity contribution in [1.82, 2.24) is 10.3 Å². The first kappa shape index (κ1) is 52.3. The second kappa shape index (κ2) is 21.8. The third kappa shape index (κ3) is 11.1. The predicted molar refractivity (Wildman–Crippen MR) is 267 cm³/mol. The fourth-order valence-corrected chi connectivity index (χ4v) is 13.1. The van der Waals surface area contributed by atoms with Crippen molar-refractivity contribution in [3.63, 3.8) is 0 Å². The molecule has 0 saturated carbocycles. The molecule has 0 saturated heterocycles. The van der Waals surface area contributed by atoms with Gasteiger partial charge in [-0.3, -0.25) is 13.9 Å². The van der Waals surface area contributed by atoms with Gasteiger partial charge < -0.3 is 15.0 Å². The van der Waals surface area contributed by atoms with E-state index >= 15 is 0 Å². The van der Waals surface area contributed by atoms with Gasteiger partial charge in [0, 0.05) is 59.9 Å². The Morgan fingerprint density at radius 3 is 2.33 bits per heavy atom. The molecule has 20 heteroatoms. The van der Waals surface area contributed by atoms with E-state index in [1.807, 2.05) is 54.6 Å². The molecule has 372 valence electrons. The zero-order valence-electron chi connectivity index (χ0n) is 39.4. The number of hydrogen-bond acceptors (Lipinski definition) is 13. The number of nitrogens with one attached hydrogen (secondary N) is 1. The minimum absolute atomic E-state index is 0.0261. The van der Waals surface area contributed by atoms with E-state index in [0.29, 0.717) is 67.3 Å². The van der Waals surface area contributed by atoms with Crippen LogP contribution in [0.5, 0.6) is 5.75 Å². The number of fused-ring (bicyclic) bond motifs is 1. The Morgan fingerprint density at radius 2 is 1.61 bits per heavy atom. The van der Waals surface area contributed by atoms with Gasteiger partial charge in [0.1, 0.15) is 28.2 Å². The normalized spacial score (nSPS) is 19.9. The summed E-state index contributed by atoms with van der Waals surface area (Å²) in [7, 11) is -12.1. The maximum atomic E-state index is 13.0. The zero-order valence-corrected chi connectivity index (χ0v) is 42.7. The summed E-state index contributed by atoms with van der Waals surface area (Å²) in [4.78, 5) is 19.2. The van der Waals surface area contributed by atoms with Crippen LogP contribution in [0, 0.1) is 11.3 Å². The summed E-state index contributed by atoms with van der Waals surface area (Å²) in [5.74, 6) is 0.648. The summed E-state index contributed by atoms with van der Waals surface area (Å²) >= 11 is 1.32. The van der Waals surface area contributed by atoms with Crippen LogP contribution in [0.25, 0.3) is 10.2 Å². The number of carbonyl (C=O) groups is 1. The fraction of sp³-hybridized carbons (Fsp3) is 0.440. The summed E-state index contributed by atoms with van der Waals surface area (Å²) in [6.07, 6.45) is 19.7. The van der Waals surface area contributed by atoms with Gasteiger partial charge in [-0.15, -0.1) is 24.0 Å². The largest absolute Gasteiger partial charge is 0.493 e. The lowest BCUT2D eigenvalue weighted by Gasteiger charge is -2.32. The van der Waals surface area contributed by atoms with Gasteiger partial charge in [0.15, 0.2) is 10.7 Å². The molecular weight excluding hydrogens is 975 g/mol. The zero-order chi connectivity index (χ0) is 50.4. The number of carbonyl (C=O) groups excluding carboxylic acids is 1. The van der Waals surface area contributed by atoms with Gasteiger partial charge in [-0.05, 0) is 101 Å². The molecule has 4 aliphatic rings. The molecule has 16 nitrogen and oxygen atoms in total. The van der Waals surface area contributed by atoms with Crippen LogP contribution >= 0.6 is 11.3 Å². The monoisotopic (exact) mass is 1030 g/mol. The minimum atomic E-state index is -4.55. The Kier molecular flexibility index (Phi) is 16.3. The third-order valence-electron chi connectivity index (χ3n) is 13.7. The van der Waals surface area contributed by atoms with Crippen molar-refractivity contribution in [3.05, 3.63) is 106 Å². The Bertz CT molecular complexity index is 3200. The first-order valence-electron chi connectivity index (χ1n) is 23.5. The van der Waals surface area contributed by atoms with Crippen LogP contribution in [0.2, 0.25) is 0 Å². The fourth-order valence-electron chi connectivity index (χ4n) is 10.7. The highest BCUT2D eigenvalue weighted by Gasteiger charge is 2.52. The van der Waals surface area contributed by atoms with E-state index in [2.05, 4.69) is 52.7 Å². The number of unbranched alkanes of at least 4 members (excludes halogenated alkanes) is 3. The van der Waals surface area contributed by atoms with Gasteiger partial charge >= 0.3 is 10.6 Å². The van der Waals surface area contributed by atoms with Crippen molar-refractivity contribution in [2.45, 2.75) is 125 Å². The summed E-state index contributed by atoms with van der Waals surface area (Å²) in [6, 6.07) is 14.3. The van der Waals surface area contributed by atoms with E-state index in [9.17, 15) is 30.7 Å². The molecule has 1 aromatic heterocycles. The Balaban J connectivity index is 0.00000174. The molecule has 0 aliphatic carbocycles. The van der Waals surface area contributed by atoms with Gasteiger partial charge in [-0.1, -0.05) is 63.0 Å². The number of amides is 1. The van der Waals surface area contributed by atoms with E-state index in [4.69, 9.17) is 22.6 Å². The van der Waals surface area contributed by atoms with Crippen LogP contribution < -0.4 is 15.0 Å². The van der Waals surface area contributed by atoms with E-state index in [1.165, 1.54) is 11.3 Å². The lowest BCUT2D eigenvalue weighted by atomic mass is 9.74. The third-order valence-corrected chi connectivity index (χ3v) is 16.4. The number of aryl methyl sites for hydroxylation is 2. The molecule has 4 aromatic rings. The first-order valence-corrected chi connectivity index (χ1v) is 28.2. The number of aromatic nitrogens is 1. The number of benzene rings is 3. The predicted octanol–water partition coefficient (Wildman–Crippen LogP) is 8.41. The van der Waals surface area contributed by atoms with E-state index in [-0.39, 0.29) is 15.7 Å². The highest BCUT2D eigenvalue weighted by Crippen LogP contribution is 2.56. The lowest BCUT2D eigenvalue weighted by molar-refractivity contribution is -0.443. The van der Waals surface area contributed by atoms with Gasteiger partial charge in [-0.25, -0.2) is 4.98 Å². The number of nitriles is 1. The van der Waals surface area contributed by atoms with Crippen molar-refractivity contribution in [2.75, 3.05) is 31.1 Å². The maximum Gasteiger partial charge on any atom is 0.425 e. The summed E-state index contributed by atoms with van der Waals surface area (Å²) in [6.45, 7) is 8.61. The number of allylic oxidation sites excluding steroid dienone is 6. The van der Waals surface area contributed by atoms with E-state index in [0.717, 1.165) is 108 Å². The average molecular weight is 1030 g/mol. The molecule has 2 unspecified atom stereocenters. The van der Waals surface area contributed by atoms with Crippen molar-refractivity contribution in [3.8, 4) is 11.8 Å². The lowest BCUT2D eigenvalue weighted by Crippen LogP contribution is -2.32. The molecule has 0 radical (unpaired) electrons. The molecule has 3 N–H and O–H groups in total. The van der Waals surface area contributed by atoms with E-state index in [1.54, 1.807) is 12.1 Å².